The molecule has 120 valence electrons. The molecular formula is C16H17N3O3S. The summed E-state index contributed by atoms with van der Waals surface area (Å²) in [6.07, 6.45) is 3.45. The highest BCUT2D eigenvalue weighted by Crippen LogP contribution is 2.51. The van der Waals surface area contributed by atoms with Gasteiger partial charge < -0.3 is 5.32 Å². The number of aromatic nitrogens is 2. The van der Waals surface area contributed by atoms with Gasteiger partial charge in [0.05, 0.1) is 0 Å². The first-order valence-electron chi connectivity index (χ1n) is 7.37. The van der Waals surface area contributed by atoms with Crippen molar-refractivity contribution in [3.05, 3.63) is 63.4 Å². The Kier molecular flexibility index (Phi) is 4.38. The van der Waals surface area contributed by atoms with Gasteiger partial charge in [-0.05, 0) is 25.0 Å². The number of benzene rings is 1. The van der Waals surface area contributed by atoms with Crippen molar-refractivity contribution in [1.82, 2.24) is 14.9 Å². The number of hydrogen-bond acceptors (Lipinski definition) is 4. The molecule has 3 rings (SSSR count). The van der Waals surface area contributed by atoms with Gasteiger partial charge in [-0.2, -0.15) is 0 Å². The molecule has 23 heavy (non-hydrogen) atoms. The number of amides is 1. The van der Waals surface area contributed by atoms with Gasteiger partial charge in [0.15, 0.2) is 0 Å². The minimum Gasteiger partial charge on any atom is -0.353 e. The van der Waals surface area contributed by atoms with E-state index in [1.165, 1.54) is 21.7 Å². The van der Waals surface area contributed by atoms with Crippen molar-refractivity contribution < 1.29 is 4.79 Å². The summed E-state index contributed by atoms with van der Waals surface area (Å²) in [6.45, 7) is 0.477. The first-order valence-corrected chi connectivity index (χ1v) is 8.19. The molecule has 0 saturated heterocycles. The van der Waals surface area contributed by atoms with E-state index in [-0.39, 0.29) is 17.2 Å². The van der Waals surface area contributed by atoms with Gasteiger partial charge in [0, 0.05) is 28.5 Å². The van der Waals surface area contributed by atoms with E-state index in [2.05, 4.69) is 22.4 Å². The van der Waals surface area contributed by atoms with Crippen LogP contribution in [0.4, 0.5) is 0 Å². The number of thioether (sulfide) groups is 1. The fourth-order valence-electron chi connectivity index (χ4n) is 2.23. The van der Waals surface area contributed by atoms with Gasteiger partial charge in [-0.1, -0.05) is 18.2 Å². The lowest BCUT2D eigenvalue weighted by Crippen LogP contribution is -2.38. The van der Waals surface area contributed by atoms with Crippen LogP contribution in [0.1, 0.15) is 12.8 Å². The Bertz CT molecular complexity index is 809. The zero-order chi connectivity index (χ0) is 16.3. The van der Waals surface area contributed by atoms with Crippen LogP contribution in [-0.2, 0) is 11.3 Å². The number of nitrogens with one attached hydrogen (secondary N) is 2. The molecule has 6 nitrogen and oxygen atoms in total. The van der Waals surface area contributed by atoms with Crippen LogP contribution in [0.2, 0.25) is 0 Å². The SMILES string of the molecule is O=C(Cn1ccc(=O)[nH]c1=O)NCC1(Sc2ccccc2)CC1. The third-order valence-corrected chi connectivity index (χ3v) is 5.20. The standard InChI is InChI=1S/C16H17N3O3S/c20-13-6-9-19(15(22)18-13)10-14(21)17-11-16(7-8-16)23-12-4-2-1-3-5-12/h1-6,9H,7-8,10-11H2,(H,17,21)(H,18,20,22). The zero-order valence-corrected chi connectivity index (χ0v) is 13.3. The molecule has 0 unspecified atom stereocenters. The fraction of sp³-hybridized carbons (Fsp3) is 0.312. The molecule has 2 aromatic rings. The average molecular weight is 331 g/mol. The molecule has 1 heterocycles. The first-order chi connectivity index (χ1) is 11.1. The summed E-state index contributed by atoms with van der Waals surface area (Å²) >= 11 is 1.78. The van der Waals surface area contributed by atoms with Crippen molar-refractivity contribution >= 4 is 17.7 Å². The van der Waals surface area contributed by atoms with E-state index in [1.807, 2.05) is 18.2 Å². The van der Waals surface area contributed by atoms with E-state index in [0.717, 1.165) is 12.8 Å². The minimum atomic E-state index is -0.576. The molecule has 7 heteroatoms. The Morgan fingerprint density at radius 3 is 2.61 bits per heavy atom. The average Bonchev–Trinajstić information content (AvgIpc) is 3.29. The summed E-state index contributed by atoms with van der Waals surface area (Å²) < 4.78 is 1.24. The van der Waals surface area contributed by atoms with Gasteiger partial charge in [0.25, 0.3) is 5.56 Å². The normalized spacial score (nSPS) is 15.1. The molecule has 1 aliphatic carbocycles. The van der Waals surface area contributed by atoms with Crippen LogP contribution in [0, 0.1) is 0 Å². The largest absolute Gasteiger partial charge is 0.353 e. The number of nitrogens with zero attached hydrogens (tertiary/aromatic N) is 1. The highest BCUT2D eigenvalue weighted by molar-refractivity contribution is 8.01. The topological polar surface area (TPSA) is 84.0 Å². The third-order valence-electron chi connectivity index (χ3n) is 3.70. The summed E-state index contributed by atoms with van der Waals surface area (Å²) in [5.74, 6) is -0.237. The molecule has 0 bridgehead atoms. The minimum absolute atomic E-state index is 0.0625. The Balaban J connectivity index is 1.55. The van der Waals surface area contributed by atoms with Crippen LogP contribution in [0.3, 0.4) is 0 Å². The summed E-state index contributed by atoms with van der Waals surface area (Å²) in [4.78, 5) is 37.9. The summed E-state index contributed by atoms with van der Waals surface area (Å²) in [6, 6.07) is 11.3. The van der Waals surface area contributed by atoms with E-state index < -0.39 is 11.2 Å². The second-order valence-corrected chi connectivity index (χ2v) is 7.15. The Labute approximate surface area is 136 Å². The van der Waals surface area contributed by atoms with E-state index in [1.54, 1.807) is 11.8 Å². The highest BCUT2D eigenvalue weighted by atomic mass is 32.2. The number of carbonyl (C=O) groups is 1. The molecule has 2 N–H and O–H groups in total. The van der Waals surface area contributed by atoms with Crippen molar-refractivity contribution in [2.24, 2.45) is 0 Å². The fourth-order valence-corrected chi connectivity index (χ4v) is 3.48. The second-order valence-electron chi connectivity index (χ2n) is 5.61. The van der Waals surface area contributed by atoms with E-state index in [0.29, 0.717) is 6.54 Å². The maximum atomic E-state index is 12.0. The second kappa shape index (κ2) is 6.45. The predicted molar refractivity (Wildman–Crippen MR) is 88.6 cm³/mol. The van der Waals surface area contributed by atoms with Crippen LogP contribution in [-0.4, -0.2) is 26.8 Å². The van der Waals surface area contributed by atoms with Crippen LogP contribution in [0.5, 0.6) is 0 Å². The molecule has 1 saturated carbocycles. The van der Waals surface area contributed by atoms with Crippen molar-refractivity contribution in [2.45, 2.75) is 29.0 Å². The van der Waals surface area contributed by atoms with Crippen molar-refractivity contribution in [2.75, 3.05) is 6.54 Å². The van der Waals surface area contributed by atoms with Gasteiger partial charge in [0.1, 0.15) is 6.54 Å². The quantitative estimate of drug-likeness (QED) is 0.826. The van der Waals surface area contributed by atoms with Gasteiger partial charge in [0.2, 0.25) is 5.91 Å². The van der Waals surface area contributed by atoms with Crippen LogP contribution >= 0.6 is 11.8 Å². The van der Waals surface area contributed by atoms with E-state index in [4.69, 9.17) is 0 Å². The Morgan fingerprint density at radius 2 is 1.96 bits per heavy atom. The van der Waals surface area contributed by atoms with Crippen molar-refractivity contribution in [3.63, 3.8) is 0 Å². The molecule has 0 atom stereocenters. The summed E-state index contributed by atoms with van der Waals surface area (Å²) in [5, 5.41) is 2.88. The van der Waals surface area contributed by atoms with Crippen molar-refractivity contribution in [1.29, 1.82) is 0 Å². The molecule has 1 amide bonds. The Hall–Kier alpha value is -2.28. The van der Waals surface area contributed by atoms with Crippen molar-refractivity contribution in [3.8, 4) is 0 Å². The van der Waals surface area contributed by atoms with E-state index in [9.17, 15) is 14.4 Å². The van der Waals surface area contributed by atoms with Crippen LogP contribution in [0.25, 0.3) is 0 Å². The molecule has 0 radical (unpaired) electrons. The smallest absolute Gasteiger partial charge is 0.328 e. The number of H-pyrrole nitrogens is 1. The molecule has 1 aromatic heterocycles. The lowest BCUT2D eigenvalue weighted by molar-refractivity contribution is -0.121. The molecule has 1 fully saturated rings. The van der Waals surface area contributed by atoms with Gasteiger partial charge in [-0.25, -0.2) is 4.79 Å². The predicted octanol–water partition coefficient (Wildman–Crippen LogP) is 0.978. The highest BCUT2D eigenvalue weighted by Gasteiger charge is 2.43. The number of carbonyl (C=O) groups excluding carboxylic acids is 1. The van der Waals surface area contributed by atoms with Gasteiger partial charge >= 0.3 is 5.69 Å². The molecule has 0 spiro atoms. The lowest BCUT2D eigenvalue weighted by atomic mass is 10.4. The molecule has 1 aromatic carbocycles. The lowest BCUT2D eigenvalue weighted by Gasteiger charge is -2.16. The molecular weight excluding hydrogens is 314 g/mol. The maximum Gasteiger partial charge on any atom is 0.328 e. The molecule has 1 aliphatic rings. The van der Waals surface area contributed by atoms with E-state index >= 15 is 0 Å². The maximum absolute atomic E-state index is 12.0. The monoisotopic (exact) mass is 331 g/mol. The summed E-state index contributed by atoms with van der Waals surface area (Å²) in [7, 11) is 0. The van der Waals surface area contributed by atoms with Crippen LogP contribution < -0.4 is 16.6 Å². The zero-order valence-electron chi connectivity index (χ0n) is 12.5. The number of aromatic amines is 1. The summed E-state index contributed by atoms with van der Waals surface area (Å²) in [5.41, 5.74) is -1.05. The molecule has 0 aliphatic heterocycles. The first kappa shape index (κ1) is 15.6. The number of hydrogen-bond donors (Lipinski definition) is 2. The van der Waals surface area contributed by atoms with Gasteiger partial charge in [-0.3, -0.25) is 19.1 Å². The Morgan fingerprint density at radius 1 is 1.22 bits per heavy atom. The van der Waals surface area contributed by atoms with Crippen LogP contribution in [0.15, 0.2) is 57.1 Å². The van der Waals surface area contributed by atoms with Gasteiger partial charge in [-0.15, -0.1) is 11.8 Å². The number of rotatable bonds is 6. The third kappa shape index (κ3) is 4.13.